The molecule has 0 bridgehead atoms. The van der Waals surface area contributed by atoms with Gasteiger partial charge in [-0.25, -0.2) is 4.98 Å². The number of carbonyl (C=O) groups excluding carboxylic acids is 2. The minimum atomic E-state index is -0.232. The first kappa shape index (κ1) is 25.8. The molecule has 8 nitrogen and oxygen atoms in total. The number of carbonyl (C=O) groups is 2. The Kier molecular flexibility index (Phi) is 7.07. The van der Waals surface area contributed by atoms with Crippen molar-refractivity contribution in [3.8, 4) is 11.3 Å². The fraction of sp³-hybridized carbons (Fsp3) is 0.312. The second-order valence-corrected chi connectivity index (χ2v) is 10.8. The van der Waals surface area contributed by atoms with Crippen LogP contribution < -0.4 is 10.2 Å². The first-order valence-electron chi connectivity index (χ1n) is 14.0. The third-order valence-corrected chi connectivity index (χ3v) is 8.09. The number of anilines is 2. The van der Waals surface area contributed by atoms with Crippen LogP contribution in [0.3, 0.4) is 0 Å². The van der Waals surface area contributed by atoms with Crippen LogP contribution in [0.4, 0.5) is 11.5 Å². The molecule has 2 amide bonds. The summed E-state index contributed by atoms with van der Waals surface area (Å²) in [6.07, 6.45) is 7.04. The highest BCUT2D eigenvalue weighted by molar-refractivity contribution is 6.05. The predicted octanol–water partition coefficient (Wildman–Crippen LogP) is 5.27. The molecule has 0 saturated carbocycles. The van der Waals surface area contributed by atoms with E-state index >= 15 is 0 Å². The number of piperidine rings is 1. The Morgan fingerprint density at radius 2 is 1.65 bits per heavy atom. The zero-order valence-corrected chi connectivity index (χ0v) is 23.0. The van der Waals surface area contributed by atoms with Gasteiger partial charge in [-0.2, -0.15) is 5.10 Å². The highest BCUT2D eigenvalue weighted by Crippen LogP contribution is 2.31. The van der Waals surface area contributed by atoms with Crippen molar-refractivity contribution < 1.29 is 9.59 Å². The molecule has 8 heteroatoms. The Hall–Kier alpha value is -4.46. The first-order chi connectivity index (χ1) is 19.5. The van der Waals surface area contributed by atoms with Crippen molar-refractivity contribution >= 4 is 23.3 Å². The van der Waals surface area contributed by atoms with Gasteiger partial charge in [-0.05, 0) is 73.2 Å². The number of benzene rings is 2. The fourth-order valence-corrected chi connectivity index (χ4v) is 5.54. The maximum Gasteiger partial charge on any atom is 0.257 e. The normalized spacial score (nSPS) is 15.6. The van der Waals surface area contributed by atoms with Crippen LogP contribution in [0.1, 0.15) is 57.0 Å². The molecule has 2 aliphatic heterocycles. The molecule has 2 aromatic heterocycles. The van der Waals surface area contributed by atoms with Crippen molar-refractivity contribution in [2.45, 2.75) is 32.1 Å². The number of amides is 2. The third-order valence-electron chi connectivity index (χ3n) is 8.09. The molecule has 0 spiro atoms. The van der Waals surface area contributed by atoms with Gasteiger partial charge in [0.2, 0.25) is 0 Å². The number of rotatable bonds is 6. The average Bonchev–Trinajstić information content (AvgIpc) is 3.40. The lowest BCUT2D eigenvalue weighted by atomic mass is 9.90. The lowest BCUT2D eigenvalue weighted by Gasteiger charge is -2.39. The van der Waals surface area contributed by atoms with Gasteiger partial charge in [0, 0.05) is 62.8 Å². The van der Waals surface area contributed by atoms with Gasteiger partial charge in [0.25, 0.3) is 11.8 Å². The van der Waals surface area contributed by atoms with Crippen LogP contribution in [0.25, 0.3) is 11.3 Å². The molecule has 2 aliphatic rings. The van der Waals surface area contributed by atoms with Crippen molar-refractivity contribution in [3.05, 3.63) is 95.3 Å². The maximum absolute atomic E-state index is 13.2. The van der Waals surface area contributed by atoms with Gasteiger partial charge in [0.05, 0.1) is 11.3 Å². The van der Waals surface area contributed by atoms with Gasteiger partial charge in [-0.15, -0.1) is 0 Å². The summed E-state index contributed by atoms with van der Waals surface area (Å²) in [6, 6.07) is 19.7. The van der Waals surface area contributed by atoms with E-state index in [0.717, 1.165) is 35.7 Å². The molecule has 0 radical (unpaired) electrons. The van der Waals surface area contributed by atoms with Gasteiger partial charge >= 0.3 is 0 Å². The van der Waals surface area contributed by atoms with Gasteiger partial charge in [0.15, 0.2) is 0 Å². The molecule has 0 unspecified atom stereocenters. The summed E-state index contributed by atoms with van der Waals surface area (Å²) in [5.41, 5.74) is 6.04. The van der Waals surface area contributed by atoms with E-state index in [4.69, 9.17) is 0 Å². The number of pyridine rings is 1. The minimum Gasteiger partial charge on any atom is -0.357 e. The van der Waals surface area contributed by atoms with E-state index in [9.17, 15) is 9.59 Å². The van der Waals surface area contributed by atoms with E-state index in [1.165, 1.54) is 24.8 Å². The summed E-state index contributed by atoms with van der Waals surface area (Å²) >= 11 is 0. The van der Waals surface area contributed by atoms with Gasteiger partial charge in [-0.3, -0.25) is 14.3 Å². The summed E-state index contributed by atoms with van der Waals surface area (Å²) in [7, 11) is 1.94. The Bertz CT molecular complexity index is 1510. The molecule has 6 rings (SSSR count). The van der Waals surface area contributed by atoms with Crippen LogP contribution in [0, 0.1) is 6.92 Å². The molecule has 204 valence electrons. The van der Waals surface area contributed by atoms with E-state index in [0.29, 0.717) is 35.8 Å². The number of hydrogen-bond donors (Lipinski definition) is 1. The maximum atomic E-state index is 13.2. The molecule has 4 heterocycles. The van der Waals surface area contributed by atoms with Crippen molar-refractivity contribution in [1.29, 1.82) is 0 Å². The van der Waals surface area contributed by atoms with Crippen molar-refractivity contribution in [1.82, 2.24) is 19.7 Å². The van der Waals surface area contributed by atoms with E-state index in [2.05, 4.69) is 44.6 Å². The van der Waals surface area contributed by atoms with Crippen LogP contribution >= 0.6 is 0 Å². The van der Waals surface area contributed by atoms with E-state index in [1.807, 2.05) is 53.9 Å². The minimum absolute atomic E-state index is 0.0224. The molecule has 4 aromatic rings. The molecule has 0 aliphatic carbocycles. The van der Waals surface area contributed by atoms with Crippen LogP contribution in [0.2, 0.25) is 0 Å². The fourth-order valence-electron chi connectivity index (χ4n) is 5.54. The number of likely N-dealkylation sites (tertiary alicyclic amines) is 1. The SMILES string of the molecule is Cc1ccc(C(=O)N2CC(c3ccc(-c4ccnn4C)cc3)C2)cc1NC(=O)c1ccc(N2CCCCC2)nc1. The van der Waals surface area contributed by atoms with Crippen LogP contribution in [-0.2, 0) is 7.05 Å². The van der Waals surface area contributed by atoms with Crippen molar-refractivity contribution in [2.24, 2.45) is 7.05 Å². The Morgan fingerprint density at radius 1 is 0.900 bits per heavy atom. The average molecular weight is 535 g/mol. The predicted molar refractivity (Wildman–Crippen MR) is 157 cm³/mol. The summed E-state index contributed by atoms with van der Waals surface area (Å²) < 4.78 is 1.86. The van der Waals surface area contributed by atoms with Crippen molar-refractivity contribution in [2.75, 3.05) is 36.4 Å². The molecular weight excluding hydrogens is 500 g/mol. The Balaban J connectivity index is 1.07. The third kappa shape index (κ3) is 5.21. The number of aryl methyl sites for hydroxylation is 2. The second kappa shape index (κ2) is 11.0. The van der Waals surface area contributed by atoms with E-state index in [-0.39, 0.29) is 11.8 Å². The summed E-state index contributed by atoms with van der Waals surface area (Å²) in [6.45, 7) is 5.29. The first-order valence-corrected chi connectivity index (χ1v) is 14.0. The topological polar surface area (TPSA) is 83.4 Å². The van der Waals surface area contributed by atoms with Gasteiger partial charge < -0.3 is 15.1 Å². The lowest BCUT2D eigenvalue weighted by molar-refractivity contribution is 0.0602. The lowest BCUT2D eigenvalue weighted by Crippen LogP contribution is -2.48. The van der Waals surface area contributed by atoms with Crippen LogP contribution in [-0.4, -0.2) is 57.7 Å². The van der Waals surface area contributed by atoms with E-state index in [1.54, 1.807) is 18.5 Å². The summed E-state index contributed by atoms with van der Waals surface area (Å²) in [5.74, 6) is 0.974. The largest absolute Gasteiger partial charge is 0.357 e. The molecule has 1 N–H and O–H groups in total. The monoisotopic (exact) mass is 534 g/mol. The highest BCUT2D eigenvalue weighted by Gasteiger charge is 2.32. The van der Waals surface area contributed by atoms with Gasteiger partial charge in [-0.1, -0.05) is 30.3 Å². The quantitative estimate of drug-likeness (QED) is 0.364. The molecule has 2 fully saturated rings. The van der Waals surface area contributed by atoms with E-state index < -0.39 is 0 Å². The van der Waals surface area contributed by atoms with Gasteiger partial charge in [0.1, 0.15) is 5.82 Å². The molecule has 0 atom stereocenters. The molecule has 2 aromatic carbocycles. The smallest absolute Gasteiger partial charge is 0.257 e. The number of nitrogens with zero attached hydrogens (tertiary/aromatic N) is 5. The van der Waals surface area contributed by atoms with Crippen molar-refractivity contribution in [3.63, 3.8) is 0 Å². The standard InChI is InChI=1S/C32H34N6O2/c1-22-6-7-25(18-28(22)35-31(39)26-12-13-30(33-19-26)37-16-4-3-5-17-37)32(40)38-20-27(21-38)23-8-10-24(11-9-23)29-14-15-34-36(29)2/h6-15,18-19,27H,3-5,16-17,20-21H2,1-2H3,(H,35,39). The Labute approximate surface area is 234 Å². The second-order valence-electron chi connectivity index (χ2n) is 10.8. The highest BCUT2D eigenvalue weighted by atomic mass is 16.2. The number of aromatic nitrogens is 3. The number of hydrogen-bond acceptors (Lipinski definition) is 5. The summed E-state index contributed by atoms with van der Waals surface area (Å²) in [4.78, 5) is 34.9. The number of nitrogens with one attached hydrogen (secondary N) is 1. The summed E-state index contributed by atoms with van der Waals surface area (Å²) in [5, 5.41) is 7.22. The van der Waals surface area contributed by atoms with Crippen LogP contribution in [0.5, 0.6) is 0 Å². The molecule has 40 heavy (non-hydrogen) atoms. The zero-order valence-electron chi connectivity index (χ0n) is 23.0. The van der Waals surface area contributed by atoms with Crippen LogP contribution in [0.15, 0.2) is 73.1 Å². The molecular formula is C32H34N6O2. The zero-order chi connectivity index (χ0) is 27.6. The Morgan fingerprint density at radius 3 is 2.33 bits per heavy atom. The molecule has 2 saturated heterocycles.